The molecule has 3 rings (SSSR count). The number of rotatable bonds is 3. The second-order valence-electron chi connectivity index (χ2n) is 5.73. The number of hydrogen-bond acceptors (Lipinski definition) is 2. The number of hydrogen-bond donors (Lipinski definition) is 1. The van der Waals surface area contributed by atoms with E-state index < -0.39 is 17.5 Å². The summed E-state index contributed by atoms with van der Waals surface area (Å²) >= 11 is 0. The molecule has 1 aromatic carbocycles. The molecule has 0 aliphatic carbocycles. The number of halogens is 3. The summed E-state index contributed by atoms with van der Waals surface area (Å²) in [4.78, 5) is 2.47. The van der Waals surface area contributed by atoms with E-state index >= 15 is 0 Å². The Bertz CT molecular complexity index is 492. The summed E-state index contributed by atoms with van der Waals surface area (Å²) in [6.07, 6.45) is 4.69. The third-order valence-electron chi connectivity index (χ3n) is 4.50. The number of benzene rings is 1. The van der Waals surface area contributed by atoms with E-state index in [4.69, 9.17) is 0 Å². The summed E-state index contributed by atoms with van der Waals surface area (Å²) in [7, 11) is 0. The van der Waals surface area contributed by atoms with Crippen LogP contribution in [0.1, 0.15) is 31.2 Å². The van der Waals surface area contributed by atoms with Crippen LogP contribution in [0.25, 0.3) is 0 Å². The van der Waals surface area contributed by atoms with Gasteiger partial charge in [0.25, 0.3) is 0 Å². The third kappa shape index (κ3) is 2.69. The molecule has 0 aromatic heterocycles. The maximum atomic E-state index is 13.6. The van der Waals surface area contributed by atoms with Crippen molar-refractivity contribution in [1.29, 1.82) is 0 Å². The zero-order valence-corrected chi connectivity index (χ0v) is 11.3. The van der Waals surface area contributed by atoms with Gasteiger partial charge in [0.2, 0.25) is 0 Å². The molecule has 2 fully saturated rings. The van der Waals surface area contributed by atoms with Crippen LogP contribution in [0.5, 0.6) is 0 Å². The van der Waals surface area contributed by atoms with Crippen molar-refractivity contribution in [3.63, 3.8) is 0 Å². The van der Waals surface area contributed by atoms with Gasteiger partial charge in [0.05, 0.1) is 0 Å². The number of piperidine rings is 1. The fraction of sp³-hybridized carbons (Fsp3) is 0.600. The summed E-state index contributed by atoms with van der Waals surface area (Å²) in [6, 6.07) is 2.40. The summed E-state index contributed by atoms with van der Waals surface area (Å²) in [5, 5.41) is 3.31. The minimum atomic E-state index is -1.13. The summed E-state index contributed by atoms with van der Waals surface area (Å²) < 4.78 is 39.6. The van der Waals surface area contributed by atoms with Crippen LogP contribution in [-0.4, -0.2) is 30.1 Å². The van der Waals surface area contributed by atoms with E-state index in [2.05, 4.69) is 10.2 Å². The highest BCUT2D eigenvalue weighted by Gasteiger charge is 2.35. The molecule has 2 saturated heterocycles. The van der Waals surface area contributed by atoms with Crippen molar-refractivity contribution in [3.8, 4) is 0 Å². The minimum absolute atomic E-state index is 0.193. The second kappa shape index (κ2) is 5.74. The largest absolute Gasteiger partial charge is 0.308 e. The molecule has 0 spiro atoms. The highest BCUT2D eigenvalue weighted by Crippen LogP contribution is 2.27. The van der Waals surface area contributed by atoms with Crippen LogP contribution in [0.15, 0.2) is 12.1 Å². The van der Waals surface area contributed by atoms with Gasteiger partial charge in [0.15, 0.2) is 11.6 Å². The summed E-state index contributed by atoms with van der Waals surface area (Å²) in [5.41, 5.74) is 0.193. The van der Waals surface area contributed by atoms with E-state index in [0.717, 1.165) is 32.0 Å². The number of nitrogens with one attached hydrogen (secondary N) is 1. The van der Waals surface area contributed by atoms with Crippen molar-refractivity contribution in [2.45, 2.75) is 44.3 Å². The smallest absolute Gasteiger partial charge is 0.161 e. The molecule has 1 aromatic rings. The molecule has 2 aliphatic rings. The van der Waals surface area contributed by atoms with E-state index in [-0.39, 0.29) is 12.1 Å². The van der Waals surface area contributed by atoms with Crippen molar-refractivity contribution in [2.24, 2.45) is 0 Å². The van der Waals surface area contributed by atoms with Crippen molar-refractivity contribution >= 4 is 0 Å². The molecule has 1 N–H and O–H groups in total. The Labute approximate surface area is 117 Å². The van der Waals surface area contributed by atoms with E-state index in [1.165, 1.54) is 12.8 Å². The van der Waals surface area contributed by atoms with Crippen LogP contribution >= 0.6 is 0 Å². The Morgan fingerprint density at radius 1 is 1.00 bits per heavy atom. The molecule has 20 heavy (non-hydrogen) atoms. The maximum Gasteiger partial charge on any atom is 0.161 e. The van der Waals surface area contributed by atoms with E-state index in [1.54, 1.807) is 0 Å². The number of fused-ring (bicyclic) bond motifs is 1. The van der Waals surface area contributed by atoms with Gasteiger partial charge in [-0.3, -0.25) is 4.90 Å². The van der Waals surface area contributed by atoms with Gasteiger partial charge in [-0.1, -0.05) is 6.42 Å². The molecule has 2 unspecified atom stereocenters. The molecule has 0 radical (unpaired) electrons. The van der Waals surface area contributed by atoms with Gasteiger partial charge in [-0.25, -0.2) is 13.2 Å². The predicted molar refractivity (Wildman–Crippen MR) is 70.8 cm³/mol. The van der Waals surface area contributed by atoms with Crippen LogP contribution in [-0.2, 0) is 6.54 Å². The Morgan fingerprint density at radius 2 is 1.80 bits per heavy atom. The first-order valence-electron chi connectivity index (χ1n) is 7.26. The predicted octanol–water partition coefficient (Wildman–Crippen LogP) is 2.82. The maximum absolute atomic E-state index is 13.6. The lowest BCUT2D eigenvalue weighted by Gasteiger charge is -2.32. The molecular formula is C15H19F3N2. The summed E-state index contributed by atoms with van der Waals surface area (Å²) in [6.45, 7) is 2.46. The molecule has 2 aliphatic heterocycles. The van der Waals surface area contributed by atoms with Gasteiger partial charge in [-0.15, -0.1) is 0 Å². The molecular weight excluding hydrogens is 265 g/mol. The lowest BCUT2D eigenvalue weighted by molar-refractivity contribution is 0.180. The standard InChI is InChI=1S/C15H19F3N2/c16-11-8-13(18)12(17)7-10(11)9-19-14-4-6-20-5-2-1-3-15(14)20/h7-8,14-15,19H,1-6,9H2. The molecule has 0 amide bonds. The number of nitrogens with zero attached hydrogens (tertiary/aromatic N) is 1. The first-order chi connectivity index (χ1) is 9.65. The average molecular weight is 284 g/mol. The zero-order valence-electron chi connectivity index (χ0n) is 11.3. The Kier molecular flexibility index (Phi) is 3.98. The SMILES string of the molecule is Fc1cc(F)c(CNC2CCN3CCCCC23)cc1F. The average Bonchev–Trinajstić information content (AvgIpc) is 2.85. The molecule has 2 heterocycles. The Balaban J connectivity index is 1.63. The topological polar surface area (TPSA) is 15.3 Å². The normalized spacial score (nSPS) is 26.8. The van der Waals surface area contributed by atoms with Gasteiger partial charge >= 0.3 is 0 Å². The Hall–Kier alpha value is -1.07. The first-order valence-corrected chi connectivity index (χ1v) is 7.26. The van der Waals surface area contributed by atoms with Gasteiger partial charge in [0, 0.05) is 36.8 Å². The minimum Gasteiger partial charge on any atom is -0.308 e. The fourth-order valence-electron chi connectivity index (χ4n) is 3.43. The Morgan fingerprint density at radius 3 is 2.65 bits per heavy atom. The second-order valence-corrected chi connectivity index (χ2v) is 5.73. The highest BCUT2D eigenvalue weighted by atomic mass is 19.2. The van der Waals surface area contributed by atoms with Gasteiger partial charge < -0.3 is 5.32 Å². The molecule has 5 heteroatoms. The summed E-state index contributed by atoms with van der Waals surface area (Å²) in [5.74, 6) is -2.81. The third-order valence-corrected chi connectivity index (χ3v) is 4.50. The molecule has 0 saturated carbocycles. The van der Waals surface area contributed by atoms with Gasteiger partial charge in [0.1, 0.15) is 5.82 Å². The van der Waals surface area contributed by atoms with E-state index in [0.29, 0.717) is 18.2 Å². The monoisotopic (exact) mass is 284 g/mol. The quantitative estimate of drug-likeness (QED) is 0.859. The molecule has 0 bridgehead atoms. The zero-order chi connectivity index (χ0) is 14.1. The highest BCUT2D eigenvalue weighted by molar-refractivity contribution is 5.20. The van der Waals surface area contributed by atoms with Crippen molar-refractivity contribution in [1.82, 2.24) is 10.2 Å². The fourth-order valence-corrected chi connectivity index (χ4v) is 3.43. The van der Waals surface area contributed by atoms with Gasteiger partial charge in [-0.05, 0) is 31.9 Å². The van der Waals surface area contributed by atoms with Crippen LogP contribution in [0, 0.1) is 17.5 Å². The van der Waals surface area contributed by atoms with Crippen LogP contribution < -0.4 is 5.32 Å². The van der Waals surface area contributed by atoms with Crippen LogP contribution in [0.3, 0.4) is 0 Å². The molecule has 2 atom stereocenters. The lowest BCUT2D eigenvalue weighted by atomic mass is 9.99. The van der Waals surface area contributed by atoms with Crippen molar-refractivity contribution in [3.05, 3.63) is 35.1 Å². The van der Waals surface area contributed by atoms with Gasteiger partial charge in [-0.2, -0.15) is 0 Å². The van der Waals surface area contributed by atoms with Crippen molar-refractivity contribution in [2.75, 3.05) is 13.1 Å². The lowest BCUT2D eigenvalue weighted by Crippen LogP contribution is -2.44. The van der Waals surface area contributed by atoms with Crippen LogP contribution in [0.4, 0.5) is 13.2 Å². The van der Waals surface area contributed by atoms with Crippen LogP contribution in [0.2, 0.25) is 0 Å². The molecule has 110 valence electrons. The molecule has 2 nitrogen and oxygen atoms in total. The van der Waals surface area contributed by atoms with Crippen molar-refractivity contribution < 1.29 is 13.2 Å². The first kappa shape index (κ1) is 13.9. The van der Waals surface area contributed by atoms with E-state index in [1.807, 2.05) is 0 Å². The van der Waals surface area contributed by atoms with E-state index in [9.17, 15) is 13.2 Å².